The van der Waals surface area contributed by atoms with Crippen molar-refractivity contribution in [2.24, 2.45) is 5.92 Å². The molecule has 176 valence electrons. The van der Waals surface area contributed by atoms with E-state index in [4.69, 9.17) is 9.72 Å². The maximum absolute atomic E-state index is 12.8. The van der Waals surface area contributed by atoms with Gasteiger partial charge in [-0.2, -0.15) is 5.26 Å². The molecular formula is C27H30N4O2S. The van der Waals surface area contributed by atoms with Crippen LogP contribution in [0, 0.1) is 17.2 Å². The number of anilines is 1. The van der Waals surface area contributed by atoms with Crippen molar-refractivity contribution < 1.29 is 9.53 Å². The average Bonchev–Trinajstić information content (AvgIpc) is 3.43. The van der Waals surface area contributed by atoms with Crippen molar-refractivity contribution in [3.63, 3.8) is 0 Å². The molecule has 1 saturated carbocycles. The number of thiophene rings is 1. The van der Waals surface area contributed by atoms with Crippen LogP contribution in [0.1, 0.15) is 53.8 Å². The standard InChI is InChI=1S/C27H30N4O2S/c28-19-22-25(30-13-15-31(16-14-30)27(32)24-11-6-18-34-24)21-9-4-5-10-23(21)29-26(22)33-17-12-20-7-2-1-3-8-20/h4-6,9-11,18,20H,1-3,7-8,12-17H2. The second kappa shape index (κ2) is 10.4. The minimum absolute atomic E-state index is 0.0847. The Morgan fingerprint density at radius 3 is 2.62 bits per heavy atom. The third-order valence-corrected chi connectivity index (χ3v) is 7.91. The van der Waals surface area contributed by atoms with Gasteiger partial charge in [-0.15, -0.1) is 11.3 Å². The Balaban J connectivity index is 1.36. The fourth-order valence-corrected chi connectivity index (χ4v) is 5.88. The number of hydrogen-bond donors (Lipinski definition) is 0. The highest BCUT2D eigenvalue weighted by molar-refractivity contribution is 7.12. The molecular weight excluding hydrogens is 444 g/mol. The smallest absolute Gasteiger partial charge is 0.264 e. The Morgan fingerprint density at radius 1 is 1.09 bits per heavy atom. The molecule has 2 aliphatic rings. The lowest BCUT2D eigenvalue weighted by Crippen LogP contribution is -2.49. The number of rotatable bonds is 6. The molecule has 0 bridgehead atoms. The van der Waals surface area contributed by atoms with Crippen LogP contribution < -0.4 is 9.64 Å². The summed E-state index contributed by atoms with van der Waals surface area (Å²) in [5.74, 6) is 1.23. The van der Waals surface area contributed by atoms with Crippen molar-refractivity contribution in [1.82, 2.24) is 9.88 Å². The number of nitrogens with zero attached hydrogens (tertiary/aromatic N) is 4. The molecule has 1 aromatic carbocycles. The number of benzene rings is 1. The van der Waals surface area contributed by atoms with Crippen molar-refractivity contribution in [3.05, 3.63) is 52.2 Å². The Kier molecular flexibility index (Phi) is 6.96. The predicted molar refractivity (Wildman–Crippen MR) is 136 cm³/mol. The molecule has 0 atom stereocenters. The summed E-state index contributed by atoms with van der Waals surface area (Å²) < 4.78 is 6.16. The van der Waals surface area contributed by atoms with Crippen LogP contribution in [0.5, 0.6) is 5.88 Å². The van der Waals surface area contributed by atoms with Gasteiger partial charge < -0.3 is 14.5 Å². The van der Waals surface area contributed by atoms with Gasteiger partial charge in [-0.05, 0) is 29.9 Å². The first-order valence-electron chi connectivity index (χ1n) is 12.3. The molecule has 2 fully saturated rings. The Labute approximate surface area is 204 Å². The van der Waals surface area contributed by atoms with Crippen molar-refractivity contribution in [1.29, 1.82) is 5.26 Å². The molecule has 0 unspecified atom stereocenters. The van der Waals surface area contributed by atoms with Crippen molar-refractivity contribution in [3.8, 4) is 11.9 Å². The van der Waals surface area contributed by atoms with Crippen LogP contribution in [-0.4, -0.2) is 48.6 Å². The van der Waals surface area contributed by atoms with Crippen molar-refractivity contribution in [2.45, 2.75) is 38.5 Å². The van der Waals surface area contributed by atoms with Gasteiger partial charge in [0.2, 0.25) is 5.88 Å². The highest BCUT2D eigenvalue weighted by Crippen LogP contribution is 2.36. The summed E-state index contributed by atoms with van der Waals surface area (Å²) in [6, 6.07) is 14.1. The van der Waals surface area contributed by atoms with Gasteiger partial charge in [0.05, 0.1) is 22.7 Å². The number of pyridine rings is 1. The first kappa shape index (κ1) is 22.7. The fourth-order valence-electron chi connectivity index (χ4n) is 5.19. The highest BCUT2D eigenvalue weighted by Gasteiger charge is 2.27. The van der Waals surface area contributed by atoms with Gasteiger partial charge in [0.25, 0.3) is 5.91 Å². The number of piperazine rings is 1. The van der Waals surface area contributed by atoms with Gasteiger partial charge in [0, 0.05) is 31.6 Å². The summed E-state index contributed by atoms with van der Waals surface area (Å²) in [6.45, 7) is 3.17. The lowest BCUT2D eigenvalue weighted by atomic mass is 9.87. The van der Waals surface area contributed by atoms with E-state index in [1.54, 1.807) is 0 Å². The molecule has 3 heterocycles. The zero-order valence-corrected chi connectivity index (χ0v) is 20.2. The minimum atomic E-state index is 0.0847. The van der Waals surface area contributed by atoms with Crippen LogP contribution in [-0.2, 0) is 0 Å². The van der Waals surface area contributed by atoms with Crippen LogP contribution >= 0.6 is 11.3 Å². The summed E-state index contributed by atoms with van der Waals surface area (Å²) in [4.78, 5) is 22.4. The van der Waals surface area contributed by atoms with E-state index in [1.807, 2.05) is 46.7 Å². The monoisotopic (exact) mass is 474 g/mol. The van der Waals surface area contributed by atoms with Gasteiger partial charge in [0.1, 0.15) is 11.6 Å². The highest BCUT2D eigenvalue weighted by atomic mass is 32.1. The molecule has 1 aliphatic carbocycles. The van der Waals surface area contributed by atoms with E-state index >= 15 is 0 Å². The zero-order chi connectivity index (χ0) is 23.3. The lowest BCUT2D eigenvalue weighted by molar-refractivity contribution is 0.0751. The van der Waals surface area contributed by atoms with E-state index in [9.17, 15) is 10.1 Å². The number of hydrogen-bond acceptors (Lipinski definition) is 6. The second-order valence-electron chi connectivity index (χ2n) is 9.17. The van der Waals surface area contributed by atoms with Crippen LogP contribution in [0.15, 0.2) is 41.8 Å². The average molecular weight is 475 g/mol. The molecule has 1 saturated heterocycles. The molecule has 0 spiro atoms. The minimum Gasteiger partial charge on any atom is -0.477 e. The van der Waals surface area contributed by atoms with Gasteiger partial charge in [-0.1, -0.05) is 56.4 Å². The molecule has 0 N–H and O–H groups in total. The number of ether oxygens (including phenoxy) is 1. The quantitative estimate of drug-likeness (QED) is 0.473. The molecule has 34 heavy (non-hydrogen) atoms. The predicted octanol–water partition coefficient (Wildman–Crippen LogP) is 5.48. The lowest BCUT2D eigenvalue weighted by Gasteiger charge is -2.37. The molecule has 0 radical (unpaired) electrons. The van der Waals surface area contributed by atoms with Gasteiger partial charge >= 0.3 is 0 Å². The summed E-state index contributed by atoms with van der Waals surface area (Å²) in [5, 5.41) is 13.0. The number of nitriles is 1. The van der Waals surface area contributed by atoms with E-state index < -0.39 is 0 Å². The number of amides is 1. The first-order chi connectivity index (χ1) is 16.7. The molecule has 5 rings (SSSR count). The summed E-state index contributed by atoms with van der Waals surface area (Å²) >= 11 is 1.48. The van der Waals surface area contributed by atoms with E-state index in [-0.39, 0.29) is 5.91 Å². The number of aromatic nitrogens is 1. The second-order valence-corrected chi connectivity index (χ2v) is 10.1. The SMILES string of the molecule is N#Cc1c(OCCC2CCCCC2)nc2ccccc2c1N1CCN(C(=O)c2cccs2)CC1. The fraction of sp³-hybridized carbons (Fsp3) is 0.444. The van der Waals surface area contributed by atoms with Gasteiger partial charge in [-0.3, -0.25) is 4.79 Å². The van der Waals surface area contributed by atoms with E-state index in [1.165, 1.54) is 43.4 Å². The first-order valence-corrected chi connectivity index (χ1v) is 13.2. The molecule has 1 aliphatic heterocycles. The van der Waals surface area contributed by atoms with Crippen LogP contribution in [0.25, 0.3) is 10.9 Å². The van der Waals surface area contributed by atoms with Crippen molar-refractivity contribution in [2.75, 3.05) is 37.7 Å². The Bertz CT molecular complexity index is 1170. The Morgan fingerprint density at radius 2 is 1.88 bits per heavy atom. The van der Waals surface area contributed by atoms with Crippen LogP contribution in [0.4, 0.5) is 5.69 Å². The number of carbonyl (C=O) groups excluding carboxylic acids is 1. The molecule has 7 heteroatoms. The summed E-state index contributed by atoms with van der Waals surface area (Å²) in [6.07, 6.45) is 7.54. The number of fused-ring (bicyclic) bond motifs is 1. The molecule has 6 nitrogen and oxygen atoms in total. The third kappa shape index (κ3) is 4.74. The van der Waals surface area contributed by atoms with E-state index in [0.29, 0.717) is 50.1 Å². The number of carbonyl (C=O) groups is 1. The van der Waals surface area contributed by atoms with E-state index in [0.717, 1.165) is 27.9 Å². The molecule has 1 amide bonds. The largest absolute Gasteiger partial charge is 0.477 e. The zero-order valence-electron chi connectivity index (χ0n) is 19.4. The normalized spacial score (nSPS) is 17.0. The third-order valence-electron chi connectivity index (χ3n) is 7.05. The maximum Gasteiger partial charge on any atom is 0.264 e. The van der Waals surface area contributed by atoms with E-state index in [2.05, 4.69) is 11.0 Å². The van der Waals surface area contributed by atoms with Crippen LogP contribution in [0.3, 0.4) is 0 Å². The molecule has 3 aromatic rings. The summed E-state index contributed by atoms with van der Waals surface area (Å²) in [5.41, 5.74) is 2.21. The van der Waals surface area contributed by atoms with Crippen molar-refractivity contribution >= 4 is 33.8 Å². The van der Waals surface area contributed by atoms with Gasteiger partial charge in [-0.25, -0.2) is 4.98 Å². The topological polar surface area (TPSA) is 69.5 Å². The van der Waals surface area contributed by atoms with Gasteiger partial charge in [0.15, 0.2) is 0 Å². The maximum atomic E-state index is 12.8. The summed E-state index contributed by atoms with van der Waals surface area (Å²) in [7, 11) is 0. The van der Waals surface area contributed by atoms with Crippen LogP contribution in [0.2, 0.25) is 0 Å². The Hall–Kier alpha value is -3.11. The molecule has 2 aromatic heterocycles. The number of para-hydroxylation sites is 1.